The minimum Gasteiger partial charge on any atom is -0.495 e. The van der Waals surface area contributed by atoms with E-state index in [9.17, 15) is 13.2 Å². The third kappa shape index (κ3) is 6.18. The summed E-state index contributed by atoms with van der Waals surface area (Å²) < 4.78 is 34.2. The third-order valence-corrected chi connectivity index (χ3v) is 8.16. The average Bonchev–Trinajstić information content (AvgIpc) is 2.91. The van der Waals surface area contributed by atoms with E-state index in [1.165, 1.54) is 25.3 Å². The predicted octanol–water partition coefficient (Wildman–Crippen LogP) is 6.07. The SMILES string of the molecule is COc1ccc(Cl)cc1N(CC(=O)N[C@@H](c1ccccc1)c1ccc(C)cc1)S(=O)(=O)c1ccc(C)cc1. The summed E-state index contributed by atoms with van der Waals surface area (Å²) in [6, 6.07) is 28.0. The number of anilines is 1. The number of carbonyl (C=O) groups excluding carboxylic acids is 1. The topological polar surface area (TPSA) is 75.7 Å². The van der Waals surface area contributed by atoms with Gasteiger partial charge in [0.2, 0.25) is 5.91 Å². The van der Waals surface area contributed by atoms with Crippen LogP contribution in [0.3, 0.4) is 0 Å². The van der Waals surface area contributed by atoms with Gasteiger partial charge < -0.3 is 10.1 Å². The monoisotopic (exact) mass is 548 g/mol. The van der Waals surface area contributed by atoms with Crippen molar-refractivity contribution in [2.45, 2.75) is 24.8 Å². The van der Waals surface area contributed by atoms with Gasteiger partial charge in [0.15, 0.2) is 0 Å². The second kappa shape index (κ2) is 11.7. The number of aryl methyl sites for hydroxylation is 2. The van der Waals surface area contributed by atoms with Crippen molar-refractivity contribution in [3.8, 4) is 5.75 Å². The second-order valence-corrected chi connectivity index (χ2v) is 11.3. The summed E-state index contributed by atoms with van der Waals surface area (Å²) in [7, 11) is -2.72. The zero-order valence-corrected chi connectivity index (χ0v) is 23.0. The molecule has 4 aromatic rings. The van der Waals surface area contributed by atoms with E-state index in [1.54, 1.807) is 24.3 Å². The molecule has 196 valence electrons. The third-order valence-electron chi connectivity index (χ3n) is 6.15. The van der Waals surface area contributed by atoms with Gasteiger partial charge in [0, 0.05) is 5.02 Å². The Morgan fingerprint density at radius 1 is 0.868 bits per heavy atom. The normalized spacial score (nSPS) is 12.0. The summed E-state index contributed by atoms with van der Waals surface area (Å²) in [5, 5.41) is 3.35. The van der Waals surface area contributed by atoms with Gasteiger partial charge >= 0.3 is 0 Å². The summed E-state index contributed by atoms with van der Waals surface area (Å²) in [4.78, 5) is 13.6. The first-order valence-electron chi connectivity index (χ1n) is 12.0. The van der Waals surface area contributed by atoms with Gasteiger partial charge in [-0.1, -0.05) is 89.5 Å². The number of hydrogen-bond acceptors (Lipinski definition) is 4. The van der Waals surface area contributed by atoms with Gasteiger partial charge in [0.05, 0.1) is 23.7 Å². The Hall–Kier alpha value is -3.81. The van der Waals surface area contributed by atoms with E-state index in [4.69, 9.17) is 16.3 Å². The molecule has 1 atom stereocenters. The molecule has 0 aromatic heterocycles. The van der Waals surface area contributed by atoms with Crippen molar-refractivity contribution < 1.29 is 17.9 Å². The van der Waals surface area contributed by atoms with Crippen LogP contribution in [0.1, 0.15) is 28.3 Å². The van der Waals surface area contributed by atoms with Crippen molar-refractivity contribution in [2.75, 3.05) is 18.0 Å². The highest BCUT2D eigenvalue weighted by Crippen LogP contribution is 2.35. The molecule has 0 fully saturated rings. The Kier molecular flexibility index (Phi) is 8.39. The summed E-state index contributed by atoms with van der Waals surface area (Å²) in [6.07, 6.45) is 0. The Bertz CT molecular complexity index is 1510. The van der Waals surface area contributed by atoms with E-state index in [0.717, 1.165) is 26.6 Å². The van der Waals surface area contributed by atoms with Crippen molar-refractivity contribution in [1.82, 2.24) is 5.32 Å². The smallest absolute Gasteiger partial charge is 0.264 e. The maximum absolute atomic E-state index is 13.9. The zero-order valence-electron chi connectivity index (χ0n) is 21.4. The quantitative estimate of drug-likeness (QED) is 0.275. The molecule has 0 radical (unpaired) electrons. The standard InChI is InChI=1S/C30H29ClN2O4S/c1-21-9-13-24(14-10-21)30(23-7-5-4-6-8-23)32-29(34)20-33(27-19-25(31)15-18-28(27)37-3)38(35,36)26-16-11-22(2)12-17-26/h4-19,30H,20H2,1-3H3,(H,32,34)/t30-/m0/s1. The first-order chi connectivity index (χ1) is 18.2. The summed E-state index contributed by atoms with van der Waals surface area (Å²) in [5.74, 6) is -0.215. The molecule has 0 saturated carbocycles. The van der Waals surface area contributed by atoms with Gasteiger partial charge in [-0.2, -0.15) is 0 Å². The van der Waals surface area contributed by atoms with Crippen molar-refractivity contribution in [3.05, 3.63) is 124 Å². The first kappa shape index (κ1) is 27.2. The minimum atomic E-state index is -4.15. The molecule has 8 heteroatoms. The Morgan fingerprint density at radius 2 is 1.45 bits per heavy atom. The number of amides is 1. The van der Waals surface area contributed by atoms with Gasteiger partial charge in [0.1, 0.15) is 12.3 Å². The molecular formula is C30H29ClN2O4S. The van der Waals surface area contributed by atoms with E-state index in [-0.39, 0.29) is 16.3 Å². The number of ether oxygens (including phenoxy) is 1. The fourth-order valence-electron chi connectivity index (χ4n) is 4.10. The summed E-state index contributed by atoms with van der Waals surface area (Å²) in [5.41, 5.74) is 3.93. The van der Waals surface area contributed by atoms with E-state index in [2.05, 4.69) is 5.32 Å². The number of nitrogens with zero attached hydrogens (tertiary/aromatic N) is 1. The van der Waals surface area contributed by atoms with Crippen LogP contribution in [0.4, 0.5) is 5.69 Å². The minimum absolute atomic E-state index is 0.0519. The van der Waals surface area contributed by atoms with E-state index in [1.807, 2.05) is 68.4 Å². The first-order valence-corrected chi connectivity index (χ1v) is 13.8. The van der Waals surface area contributed by atoms with E-state index in [0.29, 0.717) is 5.02 Å². The van der Waals surface area contributed by atoms with E-state index < -0.39 is 28.5 Å². The highest BCUT2D eigenvalue weighted by molar-refractivity contribution is 7.92. The highest BCUT2D eigenvalue weighted by Gasteiger charge is 2.30. The van der Waals surface area contributed by atoms with E-state index >= 15 is 0 Å². The van der Waals surface area contributed by atoms with Crippen molar-refractivity contribution in [3.63, 3.8) is 0 Å². The van der Waals surface area contributed by atoms with Gasteiger partial charge in [-0.3, -0.25) is 9.10 Å². The number of carbonyl (C=O) groups is 1. The number of methoxy groups -OCH3 is 1. The maximum Gasteiger partial charge on any atom is 0.264 e. The molecular weight excluding hydrogens is 520 g/mol. The molecule has 4 aromatic carbocycles. The molecule has 0 aliphatic carbocycles. The maximum atomic E-state index is 13.9. The lowest BCUT2D eigenvalue weighted by Gasteiger charge is -2.27. The van der Waals surface area contributed by atoms with Gasteiger partial charge in [0.25, 0.3) is 10.0 Å². The Labute approximate surface area is 228 Å². The van der Waals surface area contributed by atoms with Crippen LogP contribution in [0.2, 0.25) is 5.02 Å². The number of rotatable bonds is 9. The lowest BCUT2D eigenvalue weighted by Crippen LogP contribution is -2.42. The number of nitrogens with one attached hydrogen (secondary N) is 1. The molecule has 0 heterocycles. The number of hydrogen-bond donors (Lipinski definition) is 1. The molecule has 0 unspecified atom stereocenters. The average molecular weight is 549 g/mol. The van der Waals surface area contributed by atoms with Crippen LogP contribution < -0.4 is 14.4 Å². The molecule has 0 saturated heterocycles. The van der Waals surface area contributed by atoms with Gasteiger partial charge in [-0.05, 0) is 55.3 Å². The van der Waals surface area contributed by atoms with Crippen LogP contribution in [0.5, 0.6) is 5.75 Å². The van der Waals surface area contributed by atoms with Crippen molar-refractivity contribution in [1.29, 1.82) is 0 Å². The number of halogens is 1. The van der Waals surface area contributed by atoms with Crippen LogP contribution in [-0.2, 0) is 14.8 Å². The molecule has 0 aliphatic rings. The predicted molar refractivity (Wildman–Crippen MR) is 151 cm³/mol. The molecule has 38 heavy (non-hydrogen) atoms. The molecule has 1 amide bonds. The number of sulfonamides is 1. The van der Waals surface area contributed by atoms with Gasteiger partial charge in [-0.25, -0.2) is 8.42 Å². The largest absolute Gasteiger partial charge is 0.495 e. The molecule has 1 N–H and O–H groups in total. The Morgan fingerprint density at radius 3 is 2.05 bits per heavy atom. The van der Waals surface area contributed by atoms with Gasteiger partial charge in [-0.15, -0.1) is 0 Å². The van der Waals surface area contributed by atoms with Crippen LogP contribution >= 0.6 is 11.6 Å². The fraction of sp³-hybridized carbons (Fsp3) is 0.167. The molecule has 4 rings (SSSR count). The fourth-order valence-corrected chi connectivity index (χ4v) is 5.69. The van der Waals surface area contributed by atoms with Crippen LogP contribution in [-0.4, -0.2) is 28.0 Å². The Balaban J connectivity index is 1.74. The lowest BCUT2D eigenvalue weighted by molar-refractivity contribution is -0.120. The summed E-state index contributed by atoms with van der Waals surface area (Å²) in [6.45, 7) is 3.38. The lowest BCUT2D eigenvalue weighted by atomic mass is 9.98. The van der Waals surface area contributed by atoms with Crippen LogP contribution in [0.25, 0.3) is 0 Å². The highest BCUT2D eigenvalue weighted by atomic mass is 35.5. The molecule has 6 nitrogen and oxygen atoms in total. The summed E-state index contributed by atoms with van der Waals surface area (Å²) >= 11 is 6.25. The van der Waals surface area contributed by atoms with Crippen molar-refractivity contribution >= 4 is 33.2 Å². The second-order valence-electron chi connectivity index (χ2n) is 8.96. The molecule has 0 spiro atoms. The molecule has 0 aliphatic heterocycles. The molecule has 0 bridgehead atoms. The number of benzene rings is 4. The van der Waals surface area contributed by atoms with Crippen LogP contribution in [0, 0.1) is 13.8 Å². The van der Waals surface area contributed by atoms with Crippen LogP contribution in [0.15, 0.2) is 102 Å². The van der Waals surface area contributed by atoms with Crippen molar-refractivity contribution in [2.24, 2.45) is 0 Å². The zero-order chi connectivity index (χ0) is 27.3.